The number of carbonyl (C=O) groups is 1. The van der Waals surface area contributed by atoms with Crippen LogP contribution >= 0.6 is 0 Å². The highest BCUT2D eigenvalue weighted by atomic mass is 16.7. The number of nitrogens with one attached hydrogen (secondary N) is 1. The molecule has 1 saturated heterocycles. The van der Waals surface area contributed by atoms with Crippen molar-refractivity contribution < 1.29 is 14.3 Å². The summed E-state index contributed by atoms with van der Waals surface area (Å²) in [7, 11) is 0. The Hall–Kier alpha value is -1.39. The first-order valence-electron chi connectivity index (χ1n) is 7.74. The van der Waals surface area contributed by atoms with Crippen molar-refractivity contribution in [3.8, 4) is 0 Å². The predicted octanol–water partition coefficient (Wildman–Crippen LogP) is 2.72. The third-order valence-corrected chi connectivity index (χ3v) is 4.53. The van der Waals surface area contributed by atoms with Crippen LogP contribution in [0.25, 0.3) is 0 Å². The van der Waals surface area contributed by atoms with Gasteiger partial charge in [-0.1, -0.05) is 17.7 Å². The average molecular weight is 289 g/mol. The lowest BCUT2D eigenvalue weighted by Crippen LogP contribution is -2.44. The highest BCUT2D eigenvalue weighted by Gasteiger charge is 2.40. The molecule has 1 N–H and O–H groups in total. The van der Waals surface area contributed by atoms with Crippen molar-refractivity contribution in [1.82, 2.24) is 5.32 Å². The lowest BCUT2D eigenvalue weighted by atomic mass is 9.89. The van der Waals surface area contributed by atoms with Gasteiger partial charge >= 0.3 is 0 Å². The lowest BCUT2D eigenvalue weighted by molar-refractivity contribution is -0.179. The Morgan fingerprint density at radius 1 is 1.19 bits per heavy atom. The van der Waals surface area contributed by atoms with Gasteiger partial charge in [0, 0.05) is 24.4 Å². The molecule has 2 fully saturated rings. The molecule has 1 aliphatic carbocycles. The molecule has 1 aliphatic heterocycles. The van der Waals surface area contributed by atoms with Crippen LogP contribution in [0.4, 0.5) is 0 Å². The standard InChI is InChI=1S/C17H23NO3/c1-12-3-4-13(2)15(11-12)16(19)18-14-5-7-17(8-6-14)20-9-10-21-17/h3-4,11,14H,5-10H2,1-2H3,(H,18,19). The molecular weight excluding hydrogens is 266 g/mol. The lowest BCUT2D eigenvalue weighted by Gasteiger charge is -2.35. The third kappa shape index (κ3) is 3.11. The molecule has 4 heteroatoms. The number of aryl methyl sites for hydroxylation is 2. The van der Waals surface area contributed by atoms with E-state index in [0.29, 0.717) is 13.2 Å². The van der Waals surface area contributed by atoms with E-state index in [0.717, 1.165) is 42.4 Å². The summed E-state index contributed by atoms with van der Waals surface area (Å²) < 4.78 is 11.4. The molecular formula is C17H23NO3. The Labute approximate surface area is 125 Å². The molecule has 1 aromatic rings. The van der Waals surface area contributed by atoms with Gasteiger partial charge in [0.2, 0.25) is 0 Å². The van der Waals surface area contributed by atoms with E-state index in [1.807, 2.05) is 32.0 Å². The van der Waals surface area contributed by atoms with Gasteiger partial charge in [0.15, 0.2) is 5.79 Å². The van der Waals surface area contributed by atoms with Gasteiger partial charge in [0.1, 0.15) is 0 Å². The number of benzene rings is 1. The maximum Gasteiger partial charge on any atom is 0.251 e. The van der Waals surface area contributed by atoms with Crippen LogP contribution in [0, 0.1) is 13.8 Å². The van der Waals surface area contributed by atoms with E-state index in [2.05, 4.69) is 5.32 Å². The number of carbonyl (C=O) groups excluding carboxylic acids is 1. The first kappa shape index (κ1) is 14.5. The van der Waals surface area contributed by atoms with Crippen molar-refractivity contribution in [2.24, 2.45) is 0 Å². The summed E-state index contributed by atoms with van der Waals surface area (Å²) in [4.78, 5) is 12.4. The van der Waals surface area contributed by atoms with Crippen molar-refractivity contribution in [2.45, 2.75) is 51.4 Å². The van der Waals surface area contributed by atoms with Crippen LogP contribution < -0.4 is 5.32 Å². The van der Waals surface area contributed by atoms with E-state index >= 15 is 0 Å². The fourth-order valence-corrected chi connectivity index (χ4v) is 3.23. The molecule has 0 radical (unpaired) electrons. The summed E-state index contributed by atoms with van der Waals surface area (Å²) in [5, 5.41) is 3.16. The van der Waals surface area contributed by atoms with E-state index < -0.39 is 0 Å². The molecule has 1 saturated carbocycles. The Morgan fingerprint density at radius 3 is 2.52 bits per heavy atom. The molecule has 3 rings (SSSR count). The number of rotatable bonds is 2. The van der Waals surface area contributed by atoms with Crippen LogP contribution in [0.2, 0.25) is 0 Å². The van der Waals surface area contributed by atoms with Gasteiger partial charge in [-0.25, -0.2) is 0 Å². The highest BCUT2D eigenvalue weighted by molar-refractivity contribution is 5.96. The average Bonchev–Trinajstić information content (AvgIpc) is 2.93. The molecule has 0 unspecified atom stereocenters. The molecule has 1 amide bonds. The minimum absolute atomic E-state index is 0.0328. The maximum atomic E-state index is 12.4. The molecule has 0 bridgehead atoms. The third-order valence-electron chi connectivity index (χ3n) is 4.53. The molecule has 0 aromatic heterocycles. The van der Waals surface area contributed by atoms with Crippen molar-refractivity contribution in [2.75, 3.05) is 13.2 Å². The Bertz CT molecular complexity index is 525. The van der Waals surface area contributed by atoms with Crippen LogP contribution in [0.15, 0.2) is 18.2 Å². The minimum atomic E-state index is -0.361. The topological polar surface area (TPSA) is 47.6 Å². The molecule has 0 atom stereocenters. The van der Waals surface area contributed by atoms with Gasteiger partial charge in [0.05, 0.1) is 13.2 Å². The summed E-state index contributed by atoms with van der Waals surface area (Å²) in [5.74, 6) is -0.328. The predicted molar refractivity (Wildman–Crippen MR) is 80.3 cm³/mol. The number of hydrogen-bond acceptors (Lipinski definition) is 3. The van der Waals surface area contributed by atoms with Gasteiger partial charge in [0.25, 0.3) is 5.91 Å². The van der Waals surface area contributed by atoms with Gasteiger partial charge in [-0.05, 0) is 38.3 Å². The van der Waals surface area contributed by atoms with Crippen LogP contribution in [0.5, 0.6) is 0 Å². The second kappa shape index (κ2) is 5.78. The zero-order valence-electron chi connectivity index (χ0n) is 12.8. The van der Waals surface area contributed by atoms with Crippen molar-refractivity contribution in [3.05, 3.63) is 34.9 Å². The van der Waals surface area contributed by atoms with Crippen LogP contribution in [-0.2, 0) is 9.47 Å². The van der Waals surface area contributed by atoms with Gasteiger partial charge in [-0.15, -0.1) is 0 Å². The molecule has 1 heterocycles. The monoisotopic (exact) mass is 289 g/mol. The minimum Gasteiger partial charge on any atom is -0.349 e. The van der Waals surface area contributed by atoms with E-state index in [9.17, 15) is 4.79 Å². The molecule has 21 heavy (non-hydrogen) atoms. The van der Waals surface area contributed by atoms with Gasteiger partial charge in [-0.2, -0.15) is 0 Å². The second-order valence-electron chi connectivity index (χ2n) is 6.17. The summed E-state index contributed by atoms with van der Waals surface area (Å²) in [6.07, 6.45) is 3.56. The number of ether oxygens (including phenoxy) is 2. The van der Waals surface area contributed by atoms with Crippen molar-refractivity contribution in [1.29, 1.82) is 0 Å². The van der Waals surface area contributed by atoms with Crippen LogP contribution in [-0.4, -0.2) is 30.9 Å². The first-order chi connectivity index (χ1) is 10.1. The first-order valence-corrected chi connectivity index (χ1v) is 7.74. The smallest absolute Gasteiger partial charge is 0.251 e. The second-order valence-corrected chi connectivity index (χ2v) is 6.17. The fraction of sp³-hybridized carbons (Fsp3) is 0.588. The van der Waals surface area contributed by atoms with E-state index in [4.69, 9.17) is 9.47 Å². The summed E-state index contributed by atoms with van der Waals surface area (Å²) in [6.45, 7) is 5.37. The SMILES string of the molecule is Cc1ccc(C)c(C(=O)NC2CCC3(CC2)OCCO3)c1. The van der Waals surface area contributed by atoms with E-state index in [1.165, 1.54) is 0 Å². The van der Waals surface area contributed by atoms with Gasteiger partial charge in [-0.3, -0.25) is 4.79 Å². The summed E-state index contributed by atoms with van der Waals surface area (Å²) in [5.41, 5.74) is 2.91. The van der Waals surface area contributed by atoms with Crippen molar-refractivity contribution >= 4 is 5.91 Å². The van der Waals surface area contributed by atoms with E-state index in [1.54, 1.807) is 0 Å². The zero-order valence-corrected chi connectivity index (χ0v) is 12.8. The van der Waals surface area contributed by atoms with Gasteiger partial charge < -0.3 is 14.8 Å². The quantitative estimate of drug-likeness (QED) is 0.910. The summed E-state index contributed by atoms with van der Waals surface area (Å²) >= 11 is 0. The van der Waals surface area contributed by atoms with Crippen LogP contribution in [0.1, 0.15) is 47.2 Å². The largest absolute Gasteiger partial charge is 0.349 e. The normalized spacial score (nSPS) is 21.6. The Kier molecular flexibility index (Phi) is 4.00. The molecule has 1 spiro atoms. The molecule has 1 aromatic carbocycles. The number of amides is 1. The molecule has 114 valence electrons. The van der Waals surface area contributed by atoms with Crippen molar-refractivity contribution in [3.63, 3.8) is 0 Å². The van der Waals surface area contributed by atoms with E-state index in [-0.39, 0.29) is 17.7 Å². The fourth-order valence-electron chi connectivity index (χ4n) is 3.23. The Balaban J connectivity index is 1.60. The van der Waals surface area contributed by atoms with Crippen LogP contribution in [0.3, 0.4) is 0 Å². The summed E-state index contributed by atoms with van der Waals surface area (Å²) in [6, 6.07) is 6.21. The maximum absolute atomic E-state index is 12.4. The Morgan fingerprint density at radius 2 is 1.86 bits per heavy atom. The highest BCUT2D eigenvalue weighted by Crippen LogP contribution is 2.35. The molecule has 2 aliphatic rings. The zero-order chi connectivity index (χ0) is 14.9. The molecule has 4 nitrogen and oxygen atoms in total. The number of hydrogen-bond donors (Lipinski definition) is 1.